The van der Waals surface area contributed by atoms with Gasteiger partial charge in [0.05, 0.1) is 4.90 Å². The minimum absolute atomic E-state index is 0.0926. The molecule has 0 spiro atoms. The van der Waals surface area contributed by atoms with E-state index in [1.807, 2.05) is 38.1 Å². The average molecular weight is 299 g/mol. The monoisotopic (exact) mass is 299 g/mol. The van der Waals surface area contributed by atoms with Gasteiger partial charge in [-0.2, -0.15) is 0 Å². The molecule has 1 atom stereocenters. The maximum Gasteiger partial charge on any atom is 0.241 e. The standard InChI is InChI=1S/C14H25N3O2S/c1-12(9-10-17(3)4)16-20(18,19)14-8-6-5-7-13(14)11-15-2/h5-8,12,15-16H,9-11H2,1-4H3. The van der Waals surface area contributed by atoms with E-state index in [2.05, 4.69) is 10.0 Å². The minimum Gasteiger partial charge on any atom is -0.316 e. The van der Waals surface area contributed by atoms with Crippen molar-refractivity contribution in [1.29, 1.82) is 0 Å². The van der Waals surface area contributed by atoms with Crippen LogP contribution in [0.5, 0.6) is 0 Å². The summed E-state index contributed by atoms with van der Waals surface area (Å²) in [5, 5.41) is 2.99. The number of nitrogens with one attached hydrogen (secondary N) is 2. The second-order valence-electron chi connectivity index (χ2n) is 5.25. The van der Waals surface area contributed by atoms with Gasteiger partial charge < -0.3 is 10.2 Å². The zero-order chi connectivity index (χ0) is 15.2. The molecule has 0 heterocycles. The lowest BCUT2D eigenvalue weighted by Crippen LogP contribution is -2.35. The second-order valence-corrected chi connectivity index (χ2v) is 6.93. The number of rotatable bonds is 8. The molecule has 0 saturated carbocycles. The highest BCUT2D eigenvalue weighted by atomic mass is 32.2. The van der Waals surface area contributed by atoms with Gasteiger partial charge >= 0.3 is 0 Å². The van der Waals surface area contributed by atoms with E-state index >= 15 is 0 Å². The lowest BCUT2D eigenvalue weighted by Gasteiger charge is -2.18. The molecule has 0 amide bonds. The van der Waals surface area contributed by atoms with Crippen LogP contribution in [0.4, 0.5) is 0 Å². The van der Waals surface area contributed by atoms with Crippen molar-refractivity contribution in [2.45, 2.75) is 30.8 Å². The van der Waals surface area contributed by atoms with E-state index in [0.717, 1.165) is 18.5 Å². The summed E-state index contributed by atoms with van der Waals surface area (Å²) < 4.78 is 27.6. The molecule has 1 aromatic carbocycles. The van der Waals surface area contributed by atoms with Gasteiger partial charge in [-0.3, -0.25) is 0 Å². The van der Waals surface area contributed by atoms with Crippen molar-refractivity contribution in [2.24, 2.45) is 0 Å². The van der Waals surface area contributed by atoms with Gasteiger partial charge in [0.25, 0.3) is 0 Å². The van der Waals surface area contributed by atoms with Crippen LogP contribution in [0.1, 0.15) is 18.9 Å². The lowest BCUT2D eigenvalue weighted by molar-refractivity contribution is 0.379. The predicted molar refractivity (Wildman–Crippen MR) is 82.2 cm³/mol. The summed E-state index contributed by atoms with van der Waals surface area (Å²) in [4.78, 5) is 2.39. The first-order chi connectivity index (χ1) is 9.36. The first-order valence-corrected chi connectivity index (χ1v) is 8.24. The molecule has 0 aromatic heterocycles. The fraction of sp³-hybridized carbons (Fsp3) is 0.571. The summed E-state index contributed by atoms with van der Waals surface area (Å²) in [6, 6.07) is 6.98. The summed E-state index contributed by atoms with van der Waals surface area (Å²) in [7, 11) is 2.28. The van der Waals surface area contributed by atoms with E-state index in [-0.39, 0.29) is 6.04 Å². The molecular formula is C14H25N3O2S. The Bertz CT molecular complexity index is 515. The Morgan fingerprint density at radius 3 is 2.50 bits per heavy atom. The molecule has 0 bridgehead atoms. The summed E-state index contributed by atoms with van der Waals surface area (Å²) in [6.07, 6.45) is 0.778. The van der Waals surface area contributed by atoms with Crippen LogP contribution < -0.4 is 10.0 Å². The molecule has 1 aromatic rings. The molecule has 0 aliphatic carbocycles. The van der Waals surface area contributed by atoms with Gasteiger partial charge in [0.2, 0.25) is 10.0 Å². The maximum atomic E-state index is 12.4. The van der Waals surface area contributed by atoms with Gasteiger partial charge in [-0.05, 0) is 52.7 Å². The molecular weight excluding hydrogens is 274 g/mol. The minimum atomic E-state index is -3.47. The quantitative estimate of drug-likeness (QED) is 0.752. The van der Waals surface area contributed by atoms with Crippen LogP contribution in [0, 0.1) is 0 Å². The fourth-order valence-corrected chi connectivity index (χ4v) is 3.46. The maximum absolute atomic E-state index is 12.4. The normalized spacial score (nSPS) is 13.7. The topological polar surface area (TPSA) is 61.4 Å². The van der Waals surface area contributed by atoms with Crippen molar-refractivity contribution in [2.75, 3.05) is 27.7 Å². The van der Waals surface area contributed by atoms with E-state index in [0.29, 0.717) is 11.4 Å². The highest BCUT2D eigenvalue weighted by Crippen LogP contribution is 2.16. The molecule has 0 saturated heterocycles. The van der Waals surface area contributed by atoms with Gasteiger partial charge in [-0.15, -0.1) is 0 Å². The molecule has 0 fully saturated rings. The van der Waals surface area contributed by atoms with E-state index in [1.54, 1.807) is 19.2 Å². The van der Waals surface area contributed by atoms with Crippen LogP contribution in [0.2, 0.25) is 0 Å². The Kier molecular flexibility index (Phi) is 6.61. The number of nitrogens with zero attached hydrogens (tertiary/aromatic N) is 1. The molecule has 114 valence electrons. The second kappa shape index (κ2) is 7.73. The van der Waals surface area contributed by atoms with Gasteiger partial charge in [0.1, 0.15) is 0 Å². The van der Waals surface area contributed by atoms with Crippen molar-refractivity contribution in [1.82, 2.24) is 14.9 Å². The largest absolute Gasteiger partial charge is 0.316 e. The zero-order valence-electron chi connectivity index (χ0n) is 12.7. The van der Waals surface area contributed by atoms with Crippen molar-refractivity contribution in [3.63, 3.8) is 0 Å². The Balaban J connectivity index is 2.83. The van der Waals surface area contributed by atoms with Crippen LogP contribution in [-0.2, 0) is 16.6 Å². The van der Waals surface area contributed by atoms with Crippen LogP contribution >= 0.6 is 0 Å². The van der Waals surface area contributed by atoms with Crippen molar-refractivity contribution < 1.29 is 8.42 Å². The van der Waals surface area contributed by atoms with Gasteiger partial charge in [0, 0.05) is 12.6 Å². The molecule has 1 unspecified atom stereocenters. The Labute approximate surface area is 122 Å². The van der Waals surface area contributed by atoms with Gasteiger partial charge in [-0.1, -0.05) is 18.2 Å². The number of hydrogen-bond acceptors (Lipinski definition) is 4. The van der Waals surface area contributed by atoms with E-state index in [1.165, 1.54) is 0 Å². The molecule has 0 radical (unpaired) electrons. The fourth-order valence-electron chi connectivity index (χ4n) is 1.94. The number of benzene rings is 1. The summed E-state index contributed by atoms with van der Waals surface area (Å²) in [5.41, 5.74) is 0.780. The van der Waals surface area contributed by atoms with E-state index < -0.39 is 10.0 Å². The highest BCUT2D eigenvalue weighted by Gasteiger charge is 2.20. The van der Waals surface area contributed by atoms with Crippen molar-refractivity contribution >= 4 is 10.0 Å². The molecule has 20 heavy (non-hydrogen) atoms. The highest BCUT2D eigenvalue weighted by molar-refractivity contribution is 7.89. The SMILES string of the molecule is CNCc1ccccc1S(=O)(=O)NC(C)CCN(C)C. The number of hydrogen-bond donors (Lipinski definition) is 2. The average Bonchev–Trinajstić information content (AvgIpc) is 2.37. The van der Waals surface area contributed by atoms with Crippen LogP contribution in [-0.4, -0.2) is 47.0 Å². The van der Waals surface area contributed by atoms with Gasteiger partial charge in [0.15, 0.2) is 0 Å². The molecule has 5 nitrogen and oxygen atoms in total. The first-order valence-electron chi connectivity index (χ1n) is 6.76. The summed E-state index contributed by atoms with van der Waals surface area (Å²) in [6.45, 7) is 3.27. The molecule has 0 aliphatic rings. The third kappa shape index (κ3) is 5.20. The predicted octanol–water partition coefficient (Wildman–Crippen LogP) is 1.02. The van der Waals surface area contributed by atoms with Crippen molar-refractivity contribution in [3.05, 3.63) is 29.8 Å². The van der Waals surface area contributed by atoms with Crippen LogP contribution in [0.15, 0.2) is 29.2 Å². The lowest BCUT2D eigenvalue weighted by atomic mass is 10.2. The molecule has 6 heteroatoms. The Hall–Kier alpha value is -0.950. The summed E-state index contributed by atoms with van der Waals surface area (Å²) >= 11 is 0. The molecule has 2 N–H and O–H groups in total. The third-order valence-corrected chi connectivity index (χ3v) is 4.68. The smallest absolute Gasteiger partial charge is 0.241 e. The zero-order valence-corrected chi connectivity index (χ0v) is 13.5. The molecule has 0 aliphatic heterocycles. The van der Waals surface area contributed by atoms with Gasteiger partial charge in [-0.25, -0.2) is 13.1 Å². The van der Waals surface area contributed by atoms with Crippen molar-refractivity contribution in [3.8, 4) is 0 Å². The Morgan fingerprint density at radius 2 is 1.90 bits per heavy atom. The summed E-state index contributed by atoms with van der Waals surface area (Å²) in [5.74, 6) is 0. The Morgan fingerprint density at radius 1 is 1.25 bits per heavy atom. The first kappa shape index (κ1) is 17.1. The number of sulfonamides is 1. The van der Waals surface area contributed by atoms with E-state index in [4.69, 9.17) is 0 Å². The van der Waals surface area contributed by atoms with Crippen LogP contribution in [0.3, 0.4) is 0 Å². The van der Waals surface area contributed by atoms with E-state index in [9.17, 15) is 8.42 Å². The third-order valence-electron chi connectivity index (χ3n) is 3.00. The van der Waals surface area contributed by atoms with Crippen LogP contribution in [0.25, 0.3) is 0 Å². The molecule has 1 rings (SSSR count).